The van der Waals surface area contributed by atoms with Crippen LogP contribution in [0.3, 0.4) is 0 Å². The van der Waals surface area contributed by atoms with Gasteiger partial charge in [-0.3, -0.25) is 9.79 Å². The number of amides is 1. The van der Waals surface area contributed by atoms with E-state index >= 15 is 0 Å². The van der Waals surface area contributed by atoms with Crippen molar-refractivity contribution in [2.45, 2.75) is 12.8 Å². The fraction of sp³-hybridized carbons (Fsp3) is 0.304. The number of hydrogen-bond acceptors (Lipinski definition) is 8. The first-order chi connectivity index (χ1) is 15.4. The van der Waals surface area contributed by atoms with Crippen LogP contribution in [-0.2, 0) is 11.2 Å². The number of aromatic nitrogens is 2. The molecule has 0 fully saturated rings. The van der Waals surface area contributed by atoms with Gasteiger partial charge in [0.25, 0.3) is 5.91 Å². The van der Waals surface area contributed by atoms with Crippen molar-refractivity contribution in [1.29, 1.82) is 0 Å². The Morgan fingerprint density at radius 2 is 2.06 bits per heavy atom. The number of aryl methyl sites for hydroxylation is 1. The number of carbonyl (C=O) groups is 1. The van der Waals surface area contributed by atoms with E-state index in [1.807, 2.05) is 36.2 Å². The highest BCUT2D eigenvalue weighted by Crippen LogP contribution is 2.20. The van der Waals surface area contributed by atoms with Gasteiger partial charge in [0, 0.05) is 26.3 Å². The van der Waals surface area contributed by atoms with Crippen LogP contribution in [0.1, 0.15) is 22.5 Å². The monoisotopic (exact) mass is 437 g/mol. The molecule has 0 aliphatic rings. The third-order valence-electron chi connectivity index (χ3n) is 4.81. The van der Waals surface area contributed by atoms with Gasteiger partial charge in [0.05, 0.1) is 36.1 Å². The summed E-state index contributed by atoms with van der Waals surface area (Å²) in [6.07, 6.45) is 4.79. The van der Waals surface area contributed by atoms with E-state index < -0.39 is 5.91 Å². The van der Waals surface area contributed by atoms with Crippen molar-refractivity contribution >= 4 is 18.4 Å². The number of rotatable bonds is 12. The van der Waals surface area contributed by atoms with E-state index in [-0.39, 0.29) is 11.5 Å². The highest BCUT2D eigenvalue weighted by Gasteiger charge is 2.18. The zero-order valence-corrected chi connectivity index (χ0v) is 18.7. The number of anilines is 1. The minimum Gasteiger partial charge on any atom is -0.383 e. The van der Waals surface area contributed by atoms with Crippen molar-refractivity contribution in [3.8, 4) is 11.3 Å². The third kappa shape index (κ3) is 6.73. The fourth-order valence-electron chi connectivity index (χ4n) is 2.87. The number of carbonyl (C=O) groups excluding carboxylic acids is 1. The predicted molar refractivity (Wildman–Crippen MR) is 128 cm³/mol. The van der Waals surface area contributed by atoms with Crippen LogP contribution >= 0.6 is 0 Å². The summed E-state index contributed by atoms with van der Waals surface area (Å²) in [5, 5.41) is 2.76. The summed E-state index contributed by atoms with van der Waals surface area (Å²) in [4.78, 5) is 27.2. The molecule has 0 aliphatic carbocycles. The van der Waals surface area contributed by atoms with Gasteiger partial charge in [-0.05, 0) is 31.7 Å². The average molecular weight is 438 g/mol. The van der Waals surface area contributed by atoms with E-state index in [0.29, 0.717) is 36.8 Å². The van der Waals surface area contributed by atoms with Crippen molar-refractivity contribution < 1.29 is 9.53 Å². The number of aliphatic imine (C=N–C) groups is 1. The maximum atomic E-state index is 13.0. The quantitative estimate of drug-likeness (QED) is 0.342. The molecule has 0 atom stereocenters. The Labute approximate surface area is 188 Å². The van der Waals surface area contributed by atoms with Gasteiger partial charge < -0.3 is 26.4 Å². The van der Waals surface area contributed by atoms with Gasteiger partial charge in [0.2, 0.25) is 0 Å². The third-order valence-corrected chi connectivity index (χ3v) is 4.81. The Bertz CT molecular complexity index is 971. The van der Waals surface area contributed by atoms with Gasteiger partial charge >= 0.3 is 0 Å². The molecule has 9 nitrogen and oxygen atoms in total. The van der Waals surface area contributed by atoms with Crippen LogP contribution in [0.4, 0.5) is 5.82 Å². The molecule has 5 N–H and O–H groups in total. The number of likely N-dealkylation sites (N-methyl/N-ethyl adjacent to an activating group) is 1. The molecule has 0 spiro atoms. The zero-order chi connectivity index (χ0) is 23.5. The Hall–Kier alpha value is -3.56. The minimum atomic E-state index is -0.521. The standard InChI is InChI=1S/C23H31N7O2/c1-16(30(3)12-13-32-4)19(14-26-2)29-23(31)21-22(25)27-15-20(28-21)18-9-7-17(8-10-18)6-5-11-24/h7-10,14-15H,1-2,5-6,11-13,24H2,3-4H3,(H2,25,27)(H,29,31)/b19-14+. The maximum Gasteiger partial charge on any atom is 0.278 e. The number of ether oxygens (including phenoxy) is 1. The number of benzene rings is 1. The SMILES string of the molecule is C=N/C=C(/NC(=O)c1nc(-c2ccc(CCCN)cc2)cnc1N)C(=C)N(C)CCOC. The first kappa shape index (κ1) is 24.7. The number of nitrogens with zero attached hydrogens (tertiary/aromatic N) is 4. The lowest BCUT2D eigenvalue weighted by atomic mass is 10.1. The first-order valence-corrected chi connectivity index (χ1v) is 10.2. The van der Waals surface area contributed by atoms with E-state index in [1.54, 1.807) is 13.3 Å². The molecular weight excluding hydrogens is 406 g/mol. The summed E-state index contributed by atoms with van der Waals surface area (Å²) < 4.78 is 5.08. The summed E-state index contributed by atoms with van der Waals surface area (Å²) in [6, 6.07) is 7.90. The number of methoxy groups -OCH3 is 1. The molecule has 1 aromatic heterocycles. The molecule has 170 valence electrons. The molecular formula is C23H31N7O2. The molecule has 2 rings (SSSR count). The second kappa shape index (κ2) is 12.3. The van der Waals surface area contributed by atoms with Crippen LogP contribution in [0.25, 0.3) is 11.3 Å². The fourth-order valence-corrected chi connectivity index (χ4v) is 2.87. The summed E-state index contributed by atoms with van der Waals surface area (Å²) in [7, 11) is 3.44. The highest BCUT2D eigenvalue weighted by molar-refractivity contribution is 5.98. The van der Waals surface area contributed by atoms with E-state index in [9.17, 15) is 4.79 Å². The number of nitrogens with one attached hydrogen (secondary N) is 1. The Balaban J connectivity index is 2.23. The van der Waals surface area contributed by atoms with Gasteiger partial charge in [0.15, 0.2) is 11.5 Å². The summed E-state index contributed by atoms with van der Waals surface area (Å²) in [5.74, 6) is -0.498. The lowest BCUT2D eigenvalue weighted by molar-refractivity contribution is 0.0960. The Morgan fingerprint density at radius 3 is 2.69 bits per heavy atom. The van der Waals surface area contributed by atoms with Crippen molar-refractivity contribution in [3.63, 3.8) is 0 Å². The largest absolute Gasteiger partial charge is 0.383 e. The number of nitrogen functional groups attached to an aromatic ring is 1. The molecule has 1 aromatic carbocycles. The predicted octanol–water partition coefficient (Wildman–Crippen LogP) is 1.98. The second-order valence-corrected chi connectivity index (χ2v) is 7.12. The Kier molecular flexibility index (Phi) is 9.52. The minimum absolute atomic E-state index is 0.0111. The van der Waals surface area contributed by atoms with Crippen LogP contribution < -0.4 is 16.8 Å². The van der Waals surface area contributed by atoms with Gasteiger partial charge in [-0.25, -0.2) is 9.97 Å². The van der Waals surface area contributed by atoms with Gasteiger partial charge in [-0.15, -0.1) is 0 Å². The van der Waals surface area contributed by atoms with Gasteiger partial charge in [-0.2, -0.15) is 0 Å². The molecule has 2 aromatic rings. The van der Waals surface area contributed by atoms with Crippen LogP contribution in [0, 0.1) is 0 Å². The average Bonchev–Trinajstić information content (AvgIpc) is 2.81. The lowest BCUT2D eigenvalue weighted by Gasteiger charge is -2.23. The second-order valence-electron chi connectivity index (χ2n) is 7.12. The molecule has 0 saturated heterocycles. The van der Waals surface area contributed by atoms with E-state index in [1.165, 1.54) is 11.8 Å². The normalized spacial score (nSPS) is 11.2. The van der Waals surface area contributed by atoms with Gasteiger partial charge in [0.1, 0.15) is 0 Å². The van der Waals surface area contributed by atoms with Crippen molar-refractivity contribution in [2.75, 3.05) is 39.6 Å². The van der Waals surface area contributed by atoms with Crippen molar-refractivity contribution in [3.05, 3.63) is 65.9 Å². The molecule has 0 bridgehead atoms. The van der Waals surface area contributed by atoms with Crippen LogP contribution in [0.2, 0.25) is 0 Å². The number of hydrogen-bond donors (Lipinski definition) is 3. The van der Waals surface area contributed by atoms with Crippen LogP contribution in [-0.4, -0.2) is 61.3 Å². The number of nitrogens with two attached hydrogens (primary N) is 2. The van der Waals surface area contributed by atoms with Crippen molar-refractivity contribution in [2.24, 2.45) is 10.7 Å². The van der Waals surface area contributed by atoms with E-state index in [0.717, 1.165) is 18.4 Å². The maximum absolute atomic E-state index is 13.0. The molecule has 9 heteroatoms. The molecule has 0 unspecified atom stereocenters. The zero-order valence-electron chi connectivity index (χ0n) is 18.7. The summed E-state index contributed by atoms with van der Waals surface area (Å²) in [5.41, 5.74) is 15.0. The van der Waals surface area contributed by atoms with Gasteiger partial charge in [-0.1, -0.05) is 30.8 Å². The molecule has 32 heavy (non-hydrogen) atoms. The van der Waals surface area contributed by atoms with Crippen LogP contribution in [0.15, 0.2) is 59.6 Å². The Morgan fingerprint density at radius 1 is 1.34 bits per heavy atom. The molecule has 0 aliphatic heterocycles. The summed E-state index contributed by atoms with van der Waals surface area (Å²) >= 11 is 0. The molecule has 0 radical (unpaired) electrons. The highest BCUT2D eigenvalue weighted by atomic mass is 16.5. The topological polar surface area (TPSA) is 132 Å². The lowest BCUT2D eigenvalue weighted by Crippen LogP contribution is -2.31. The first-order valence-electron chi connectivity index (χ1n) is 10.2. The van der Waals surface area contributed by atoms with Crippen LogP contribution in [0.5, 0.6) is 0 Å². The molecule has 1 amide bonds. The molecule has 0 saturated carbocycles. The molecule has 1 heterocycles. The van der Waals surface area contributed by atoms with Crippen molar-refractivity contribution in [1.82, 2.24) is 20.2 Å². The van der Waals surface area contributed by atoms with E-state index in [2.05, 4.69) is 33.6 Å². The van der Waals surface area contributed by atoms with E-state index in [4.69, 9.17) is 16.2 Å². The summed E-state index contributed by atoms with van der Waals surface area (Å²) in [6.45, 7) is 9.21. The smallest absolute Gasteiger partial charge is 0.278 e.